The van der Waals surface area contributed by atoms with Crippen molar-refractivity contribution in [3.63, 3.8) is 0 Å². The standard InChI is InChI=1S/C15H23N3O/c1-15(2)6-8-18(14(19)13(9-15)16-3)11-12-5-4-7-17-10-12/h4-5,7,10,13,16H,6,8-9,11H2,1-3H3. The number of pyridine rings is 1. The Morgan fingerprint density at radius 3 is 2.95 bits per heavy atom. The molecule has 2 heterocycles. The van der Waals surface area contributed by atoms with Crippen LogP contribution in [0.25, 0.3) is 0 Å². The average molecular weight is 261 g/mol. The van der Waals surface area contributed by atoms with Crippen molar-refractivity contribution in [1.29, 1.82) is 0 Å². The lowest BCUT2D eigenvalue weighted by Gasteiger charge is -2.24. The second-order valence-corrected chi connectivity index (χ2v) is 6.08. The van der Waals surface area contributed by atoms with Crippen molar-refractivity contribution in [2.75, 3.05) is 13.6 Å². The molecule has 0 spiro atoms. The van der Waals surface area contributed by atoms with Crippen LogP contribution in [0.15, 0.2) is 24.5 Å². The third-order valence-corrected chi connectivity index (χ3v) is 3.87. The van der Waals surface area contributed by atoms with E-state index in [0.717, 1.165) is 24.9 Å². The van der Waals surface area contributed by atoms with Gasteiger partial charge in [0.2, 0.25) is 5.91 Å². The van der Waals surface area contributed by atoms with Crippen molar-refractivity contribution in [3.8, 4) is 0 Å². The van der Waals surface area contributed by atoms with Gasteiger partial charge in [-0.25, -0.2) is 0 Å². The molecular weight excluding hydrogens is 238 g/mol. The van der Waals surface area contributed by atoms with E-state index in [1.54, 1.807) is 6.20 Å². The molecule has 0 saturated carbocycles. The number of nitrogens with zero attached hydrogens (tertiary/aromatic N) is 2. The van der Waals surface area contributed by atoms with Crippen LogP contribution in [0.1, 0.15) is 32.3 Å². The summed E-state index contributed by atoms with van der Waals surface area (Å²) in [5.74, 6) is 0.205. The van der Waals surface area contributed by atoms with Gasteiger partial charge in [-0.15, -0.1) is 0 Å². The summed E-state index contributed by atoms with van der Waals surface area (Å²) in [6.45, 7) is 5.94. The number of hydrogen-bond donors (Lipinski definition) is 1. The van der Waals surface area contributed by atoms with Gasteiger partial charge in [0.25, 0.3) is 0 Å². The monoisotopic (exact) mass is 261 g/mol. The van der Waals surface area contributed by atoms with Crippen molar-refractivity contribution in [1.82, 2.24) is 15.2 Å². The predicted molar refractivity (Wildman–Crippen MR) is 75.5 cm³/mol. The number of amides is 1. The van der Waals surface area contributed by atoms with Gasteiger partial charge in [-0.3, -0.25) is 9.78 Å². The molecule has 1 aliphatic rings. The third kappa shape index (κ3) is 3.53. The molecule has 4 heteroatoms. The Bertz CT molecular complexity index is 430. The molecule has 1 saturated heterocycles. The Hall–Kier alpha value is -1.42. The molecule has 1 fully saturated rings. The lowest BCUT2D eigenvalue weighted by atomic mass is 9.83. The molecule has 1 N–H and O–H groups in total. The number of rotatable bonds is 3. The van der Waals surface area contributed by atoms with E-state index in [0.29, 0.717) is 6.54 Å². The van der Waals surface area contributed by atoms with Gasteiger partial charge in [-0.05, 0) is 36.9 Å². The van der Waals surface area contributed by atoms with Crippen LogP contribution >= 0.6 is 0 Å². The maximum atomic E-state index is 12.5. The minimum atomic E-state index is -0.0748. The molecule has 0 aromatic carbocycles. The average Bonchev–Trinajstić information content (AvgIpc) is 2.51. The first-order valence-electron chi connectivity index (χ1n) is 6.87. The Labute approximate surface area is 115 Å². The van der Waals surface area contributed by atoms with E-state index in [4.69, 9.17) is 0 Å². The third-order valence-electron chi connectivity index (χ3n) is 3.87. The first kappa shape index (κ1) is 14.0. The van der Waals surface area contributed by atoms with Crippen LogP contribution < -0.4 is 5.32 Å². The highest BCUT2D eigenvalue weighted by atomic mass is 16.2. The number of carbonyl (C=O) groups is 1. The van der Waals surface area contributed by atoms with Gasteiger partial charge in [0.05, 0.1) is 6.04 Å². The van der Waals surface area contributed by atoms with Crippen molar-refractivity contribution < 1.29 is 4.79 Å². The fourth-order valence-corrected chi connectivity index (χ4v) is 2.60. The van der Waals surface area contributed by atoms with Gasteiger partial charge >= 0.3 is 0 Å². The van der Waals surface area contributed by atoms with Gasteiger partial charge in [0, 0.05) is 25.5 Å². The molecule has 1 atom stereocenters. The van der Waals surface area contributed by atoms with Crippen molar-refractivity contribution in [3.05, 3.63) is 30.1 Å². The maximum absolute atomic E-state index is 12.5. The Morgan fingerprint density at radius 1 is 1.53 bits per heavy atom. The summed E-state index contributed by atoms with van der Waals surface area (Å²) >= 11 is 0. The summed E-state index contributed by atoms with van der Waals surface area (Å²) in [6, 6.07) is 3.86. The fourth-order valence-electron chi connectivity index (χ4n) is 2.60. The molecule has 2 rings (SSSR count). The molecule has 104 valence electrons. The molecule has 1 amide bonds. The molecule has 1 aromatic rings. The van der Waals surface area contributed by atoms with Gasteiger partial charge in [0.1, 0.15) is 0 Å². The van der Waals surface area contributed by atoms with E-state index < -0.39 is 0 Å². The number of carbonyl (C=O) groups excluding carboxylic acids is 1. The van der Waals surface area contributed by atoms with E-state index in [1.165, 1.54) is 0 Å². The zero-order chi connectivity index (χ0) is 13.9. The lowest BCUT2D eigenvalue weighted by Crippen LogP contribution is -2.44. The number of likely N-dealkylation sites (tertiary alicyclic amines) is 1. The number of likely N-dealkylation sites (N-methyl/N-ethyl adjacent to an activating group) is 1. The van der Waals surface area contributed by atoms with Crippen molar-refractivity contribution in [2.24, 2.45) is 5.41 Å². The van der Waals surface area contributed by atoms with Crippen molar-refractivity contribution in [2.45, 2.75) is 39.3 Å². The second-order valence-electron chi connectivity index (χ2n) is 6.08. The van der Waals surface area contributed by atoms with E-state index in [-0.39, 0.29) is 17.4 Å². The van der Waals surface area contributed by atoms with E-state index in [1.807, 2.05) is 30.3 Å². The number of aromatic nitrogens is 1. The molecule has 4 nitrogen and oxygen atoms in total. The van der Waals surface area contributed by atoms with Gasteiger partial charge in [-0.1, -0.05) is 19.9 Å². The molecule has 19 heavy (non-hydrogen) atoms. The summed E-state index contributed by atoms with van der Waals surface area (Å²) in [4.78, 5) is 18.6. The highest BCUT2D eigenvalue weighted by Crippen LogP contribution is 2.31. The quantitative estimate of drug-likeness (QED) is 0.902. The topological polar surface area (TPSA) is 45.2 Å². The number of nitrogens with one attached hydrogen (secondary N) is 1. The zero-order valence-electron chi connectivity index (χ0n) is 12.0. The molecule has 0 bridgehead atoms. The molecule has 0 aliphatic carbocycles. The Kier molecular flexibility index (Phi) is 4.20. The van der Waals surface area contributed by atoms with Crippen LogP contribution in [0, 0.1) is 5.41 Å². The summed E-state index contributed by atoms with van der Waals surface area (Å²) < 4.78 is 0. The lowest BCUT2D eigenvalue weighted by molar-refractivity contribution is -0.133. The normalized spacial score (nSPS) is 23.2. The first-order chi connectivity index (χ1) is 9.02. The van der Waals surface area contributed by atoms with Crippen LogP contribution in [-0.4, -0.2) is 35.4 Å². The minimum absolute atomic E-state index is 0.0748. The SMILES string of the molecule is CNC1CC(C)(C)CCN(Cc2cccnc2)C1=O. The summed E-state index contributed by atoms with van der Waals surface area (Å²) in [6.07, 6.45) is 5.52. The van der Waals surface area contributed by atoms with Crippen LogP contribution in [0.4, 0.5) is 0 Å². The minimum Gasteiger partial charge on any atom is -0.337 e. The first-order valence-corrected chi connectivity index (χ1v) is 6.87. The number of hydrogen-bond acceptors (Lipinski definition) is 3. The van der Waals surface area contributed by atoms with Gasteiger partial charge < -0.3 is 10.2 Å². The summed E-state index contributed by atoms with van der Waals surface area (Å²) in [5.41, 5.74) is 1.29. The molecule has 0 radical (unpaired) electrons. The second kappa shape index (κ2) is 5.70. The predicted octanol–water partition coefficient (Wildman–Crippen LogP) is 1.82. The van der Waals surface area contributed by atoms with Gasteiger partial charge in [-0.2, -0.15) is 0 Å². The summed E-state index contributed by atoms with van der Waals surface area (Å²) in [7, 11) is 1.87. The highest BCUT2D eigenvalue weighted by molar-refractivity contribution is 5.82. The Morgan fingerprint density at radius 2 is 2.32 bits per heavy atom. The largest absolute Gasteiger partial charge is 0.337 e. The maximum Gasteiger partial charge on any atom is 0.240 e. The zero-order valence-corrected chi connectivity index (χ0v) is 12.0. The van der Waals surface area contributed by atoms with Gasteiger partial charge in [0.15, 0.2) is 0 Å². The Balaban J connectivity index is 2.13. The highest BCUT2D eigenvalue weighted by Gasteiger charge is 2.34. The van der Waals surface area contributed by atoms with Crippen LogP contribution in [-0.2, 0) is 11.3 Å². The van der Waals surface area contributed by atoms with E-state index in [9.17, 15) is 4.79 Å². The fraction of sp³-hybridized carbons (Fsp3) is 0.600. The smallest absolute Gasteiger partial charge is 0.240 e. The molecule has 1 aromatic heterocycles. The van der Waals surface area contributed by atoms with E-state index in [2.05, 4.69) is 24.1 Å². The molecule has 1 aliphatic heterocycles. The summed E-state index contributed by atoms with van der Waals surface area (Å²) in [5, 5.41) is 3.16. The van der Waals surface area contributed by atoms with Crippen LogP contribution in [0.2, 0.25) is 0 Å². The molecule has 1 unspecified atom stereocenters. The van der Waals surface area contributed by atoms with Crippen LogP contribution in [0.5, 0.6) is 0 Å². The molecular formula is C15H23N3O. The van der Waals surface area contributed by atoms with Crippen LogP contribution in [0.3, 0.4) is 0 Å². The van der Waals surface area contributed by atoms with Crippen molar-refractivity contribution >= 4 is 5.91 Å². The van der Waals surface area contributed by atoms with E-state index >= 15 is 0 Å².